The van der Waals surface area contributed by atoms with Crippen molar-refractivity contribution < 1.29 is 22.5 Å². The van der Waals surface area contributed by atoms with Gasteiger partial charge in [0.05, 0.1) is 11.6 Å². The molecule has 1 aromatic carbocycles. The molecule has 3 rings (SSSR count). The second-order valence-electron chi connectivity index (χ2n) is 7.12. The first-order valence-electron chi connectivity index (χ1n) is 9.21. The Balaban J connectivity index is 1.58. The molecule has 0 saturated carbocycles. The largest absolute Gasteiger partial charge is 0.416 e. The Morgan fingerprint density at radius 1 is 1.36 bits per heavy atom. The van der Waals surface area contributed by atoms with Gasteiger partial charge in [0.2, 0.25) is 17.6 Å². The summed E-state index contributed by atoms with van der Waals surface area (Å²) in [5, 5.41) is 3.80. The molecule has 1 unspecified atom stereocenters. The maximum atomic E-state index is 12.8. The molecule has 1 atom stereocenters. The van der Waals surface area contributed by atoms with Crippen LogP contribution in [0.4, 0.5) is 13.2 Å². The van der Waals surface area contributed by atoms with Crippen molar-refractivity contribution in [1.82, 2.24) is 19.9 Å². The molecule has 1 amide bonds. The Labute approximate surface area is 161 Å². The van der Waals surface area contributed by atoms with Crippen molar-refractivity contribution in [3.8, 4) is 11.4 Å². The first kappa shape index (κ1) is 20.3. The summed E-state index contributed by atoms with van der Waals surface area (Å²) in [5.41, 5.74) is -0.483. The summed E-state index contributed by atoms with van der Waals surface area (Å²) in [6.45, 7) is 1.61. The first-order chi connectivity index (χ1) is 13.3. The summed E-state index contributed by atoms with van der Waals surface area (Å²) in [5.74, 6) is 0.632. The summed E-state index contributed by atoms with van der Waals surface area (Å²) in [6.07, 6.45) is -1.34. The minimum absolute atomic E-state index is 0.0849. The molecule has 0 radical (unpaired) electrons. The van der Waals surface area contributed by atoms with E-state index < -0.39 is 11.7 Å². The number of hydrogen-bond donors (Lipinski definition) is 0. The van der Waals surface area contributed by atoms with Gasteiger partial charge in [-0.3, -0.25) is 9.69 Å². The lowest BCUT2D eigenvalue weighted by atomic mass is 10.1. The Hall–Kier alpha value is -2.42. The fourth-order valence-corrected chi connectivity index (χ4v) is 3.41. The van der Waals surface area contributed by atoms with Crippen molar-refractivity contribution in [1.29, 1.82) is 0 Å². The maximum absolute atomic E-state index is 12.8. The van der Waals surface area contributed by atoms with Gasteiger partial charge in [0.15, 0.2) is 0 Å². The highest BCUT2D eigenvalue weighted by molar-refractivity contribution is 5.81. The number of nitrogens with zero attached hydrogens (tertiary/aromatic N) is 4. The predicted molar refractivity (Wildman–Crippen MR) is 96.3 cm³/mol. The van der Waals surface area contributed by atoms with Crippen LogP contribution in [0.5, 0.6) is 0 Å². The highest BCUT2D eigenvalue weighted by atomic mass is 19.4. The number of halogens is 3. The molecule has 1 aliphatic rings. The lowest BCUT2D eigenvalue weighted by Gasteiger charge is -2.25. The lowest BCUT2D eigenvalue weighted by molar-refractivity contribution is -0.137. The van der Waals surface area contributed by atoms with E-state index in [-0.39, 0.29) is 23.3 Å². The zero-order valence-electron chi connectivity index (χ0n) is 15.9. The zero-order valence-corrected chi connectivity index (χ0v) is 15.9. The highest BCUT2D eigenvalue weighted by Crippen LogP contribution is 2.31. The number of hydrogen-bond acceptors (Lipinski definition) is 5. The van der Waals surface area contributed by atoms with Gasteiger partial charge in [0.25, 0.3) is 0 Å². The molecule has 9 heteroatoms. The van der Waals surface area contributed by atoms with Crippen molar-refractivity contribution in [2.45, 2.75) is 37.9 Å². The standard InChI is InChI=1S/C19H23F3N4O2/c1-25(2)18(27)15-8-4-10-26(15)11-5-9-16-23-17(24-28-16)13-6-3-7-14(12-13)19(20,21)22/h3,6-7,12,15H,4-5,8-11H2,1-2H3. The van der Waals surface area contributed by atoms with E-state index in [1.54, 1.807) is 19.0 Å². The number of carbonyl (C=O) groups excluding carboxylic acids is 1. The third kappa shape index (κ3) is 4.70. The van der Waals surface area contributed by atoms with Gasteiger partial charge >= 0.3 is 6.18 Å². The van der Waals surface area contributed by atoms with E-state index in [9.17, 15) is 18.0 Å². The van der Waals surface area contributed by atoms with Crippen molar-refractivity contribution in [3.05, 3.63) is 35.7 Å². The predicted octanol–water partition coefficient (Wildman–Crippen LogP) is 3.24. The number of likely N-dealkylation sites (tertiary alicyclic amines) is 1. The molecule has 28 heavy (non-hydrogen) atoms. The minimum Gasteiger partial charge on any atom is -0.347 e. The second kappa shape index (κ2) is 8.30. The molecule has 1 aliphatic heterocycles. The van der Waals surface area contributed by atoms with Gasteiger partial charge in [-0.05, 0) is 44.5 Å². The van der Waals surface area contributed by atoms with Gasteiger partial charge in [-0.15, -0.1) is 0 Å². The van der Waals surface area contributed by atoms with Crippen molar-refractivity contribution in [3.63, 3.8) is 0 Å². The number of alkyl halides is 3. The number of amides is 1. The first-order valence-corrected chi connectivity index (χ1v) is 9.21. The molecule has 1 fully saturated rings. The van der Waals surface area contributed by atoms with Gasteiger partial charge in [-0.25, -0.2) is 0 Å². The Morgan fingerprint density at radius 2 is 2.14 bits per heavy atom. The van der Waals surface area contributed by atoms with Gasteiger partial charge in [0.1, 0.15) is 0 Å². The molecule has 6 nitrogen and oxygen atoms in total. The second-order valence-corrected chi connectivity index (χ2v) is 7.12. The number of carbonyl (C=O) groups is 1. The molecule has 2 heterocycles. The maximum Gasteiger partial charge on any atom is 0.416 e. The number of benzene rings is 1. The quantitative estimate of drug-likeness (QED) is 0.750. The van der Waals surface area contributed by atoms with Crippen LogP contribution >= 0.6 is 0 Å². The van der Waals surface area contributed by atoms with Crippen LogP contribution in [0.2, 0.25) is 0 Å². The van der Waals surface area contributed by atoms with E-state index in [2.05, 4.69) is 15.0 Å². The lowest BCUT2D eigenvalue weighted by Crippen LogP contribution is -2.43. The highest BCUT2D eigenvalue weighted by Gasteiger charge is 2.32. The minimum atomic E-state index is -4.42. The fourth-order valence-electron chi connectivity index (χ4n) is 3.41. The van der Waals surface area contributed by atoms with E-state index in [1.807, 2.05) is 0 Å². The summed E-state index contributed by atoms with van der Waals surface area (Å²) in [7, 11) is 3.51. The smallest absolute Gasteiger partial charge is 0.347 e. The number of rotatable bonds is 6. The van der Waals surface area contributed by atoms with Crippen LogP contribution in [0.1, 0.15) is 30.7 Å². The van der Waals surface area contributed by atoms with Crippen LogP contribution in [0.3, 0.4) is 0 Å². The molecule has 2 aromatic rings. The molecule has 0 N–H and O–H groups in total. The SMILES string of the molecule is CN(C)C(=O)C1CCCN1CCCc1nc(-c2cccc(C(F)(F)F)c2)no1. The fraction of sp³-hybridized carbons (Fsp3) is 0.526. The number of aryl methyl sites for hydroxylation is 1. The van der Waals surface area contributed by atoms with Crippen molar-refractivity contribution >= 4 is 5.91 Å². The van der Waals surface area contributed by atoms with Crippen LogP contribution < -0.4 is 0 Å². The van der Waals surface area contributed by atoms with Crippen molar-refractivity contribution in [2.24, 2.45) is 0 Å². The van der Waals surface area contributed by atoms with E-state index in [1.165, 1.54) is 12.1 Å². The third-order valence-electron chi connectivity index (χ3n) is 4.84. The normalized spacial score (nSPS) is 17.8. The van der Waals surface area contributed by atoms with Gasteiger partial charge in [0, 0.05) is 26.1 Å². The van der Waals surface area contributed by atoms with Crippen LogP contribution in [0.15, 0.2) is 28.8 Å². The van der Waals surface area contributed by atoms with Crippen LogP contribution in [0, 0.1) is 0 Å². The molecular formula is C19H23F3N4O2. The number of aromatic nitrogens is 2. The average Bonchev–Trinajstić information content (AvgIpc) is 3.30. The van der Waals surface area contributed by atoms with Crippen LogP contribution in [-0.4, -0.2) is 59.1 Å². The monoisotopic (exact) mass is 396 g/mol. The Morgan fingerprint density at radius 3 is 2.86 bits per heavy atom. The molecule has 0 bridgehead atoms. The molecule has 0 aliphatic carbocycles. The van der Waals surface area contributed by atoms with Gasteiger partial charge in [-0.1, -0.05) is 17.3 Å². The molecule has 1 saturated heterocycles. The summed E-state index contributed by atoms with van der Waals surface area (Å²) in [4.78, 5) is 20.2. The van der Waals surface area contributed by atoms with Gasteiger partial charge in [-0.2, -0.15) is 18.2 Å². The molecule has 1 aromatic heterocycles. The summed E-state index contributed by atoms with van der Waals surface area (Å²) in [6, 6.07) is 4.77. The third-order valence-corrected chi connectivity index (χ3v) is 4.84. The Kier molecular flexibility index (Phi) is 6.02. The van der Waals surface area contributed by atoms with Crippen molar-refractivity contribution in [2.75, 3.05) is 27.2 Å². The van der Waals surface area contributed by atoms with Crippen LogP contribution in [0.25, 0.3) is 11.4 Å². The Bertz CT molecular complexity index is 820. The topological polar surface area (TPSA) is 62.5 Å². The average molecular weight is 396 g/mol. The van der Waals surface area contributed by atoms with Gasteiger partial charge < -0.3 is 9.42 Å². The van der Waals surface area contributed by atoms with E-state index in [0.717, 1.165) is 44.5 Å². The van der Waals surface area contributed by atoms with E-state index >= 15 is 0 Å². The van der Waals surface area contributed by atoms with E-state index in [4.69, 9.17) is 4.52 Å². The summed E-state index contributed by atoms with van der Waals surface area (Å²) >= 11 is 0. The van der Waals surface area contributed by atoms with Crippen LogP contribution in [-0.2, 0) is 17.4 Å². The zero-order chi connectivity index (χ0) is 20.3. The molecule has 152 valence electrons. The number of likely N-dealkylation sites (N-methyl/N-ethyl adjacent to an activating group) is 1. The van der Waals surface area contributed by atoms with E-state index in [0.29, 0.717) is 12.3 Å². The summed E-state index contributed by atoms with van der Waals surface area (Å²) < 4.78 is 43.7. The molecular weight excluding hydrogens is 373 g/mol. The molecule has 0 spiro atoms.